The maximum Gasteiger partial charge on any atom is 0.405 e. The van der Waals surface area contributed by atoms with Crippen LogP contribution in [-0.4, -0.2) is 58.3 Å². The van der Waals surface area contributed by atoms with Crippen LogP contribution in [0.3, 0.4) is 0 Å². The van der Waals surface area contributed by atoms with Crippen LogP contribution in [0.5, 0.6) is 0 Å². The number of amidine groups is 1. The fourth-order valence-electron chi connectivity index (χ4n) is 1.76. The maximum absolute atomic E-state index is 12.0. The van der Waals surface area contributed by atoms with Crippen molar-refractivity contribution in [3.63, 3.8) is 0 Å². The Hall–Kier alpha value is -1.77. The van der Waals surface area contributed by atoms with E-state index in [-0.39, 0.29) is 12.3 Å². The third-order valence-electron chi connectivity index (χ3n) is 2.78. The van der Waals surface area contributed by atoms with Crippen molar-refractivity contribution in [2.75, 3.05) is 19.3 Å². The average Bonchev–Trinajstić information content (AvgIpc) is 2.78. The molecule has 0 aromatic carbocycles. The molecule has 0 aromatic rings. The number of hydrogen-bond acceptors (Lipinski definition) is 5. The van der Waals surface area contributed by atoms with Crippen LogP contribution in [0.4, 0.5) is 4.79 Å². The SMILES string of the molecule is CC(C)C[C@H](NC(=O)O)C(=O)C(=O)N/N=C1\SCCN1C. The fraction of sp³-hybridized carbons (Fsp3) is 0.667. The lowest BCUT2D eigenvalue weighted by Gasteiger charge is -2.16. The van der Waals surface area contributed by atoms with Gasteiger partial charge in [-0.15, -0.1) is 5.10 Å². The first-order valence-electron chi connectivity index (χ1n) is 6.56. The monoisotopic (exact) mass is 316 g/mol. The average molecular weight is 316 g/mol. The van der Waals surface area contributed by atoms with Gasteiger partial charge in [0.1, 0.15) is 6.04 Å². The van der Waals surface area contributed by atoms with E-state index in [0.29, 0.717) is 5.17 Å². The van der Waals surface area contributed by atoms with E-state index >= 15 is 0 Å². The second kappa shape index (κ2) is 7.87. The highest BCUT2D eigenvalue weighted by molar-refractivity contribution is 8.14. The van der Waals surface area contributed by atoms with Crippen molar-refractivity contribution in [1.29, 1.82) is 0 Å². The van der Waals surface area contributed by atoms with Crippen LogP contribution < -0.4 is 10.7 Å². The summed E-state index contributed by atoms with van der Waals surface area (Å²) >= 11 is 1.47. The minimum Gasteiger partial charge on any atom is -0.465 e. The van der Waals surface area contributed by atoms with Crippen LogP contribution in [0.15, 0.2) is 5.10 Å². The molecule has 9 heteroatoms. The predicted molar refractivity (Wildman–Crippen MR) is 80.1 cm³/mol. The number of carboxylic acid groups (broad SMARTS) is 1. The van der Waals surface area contributed by atoms with Crippen molar-refractivity contribution < 1.29 is 19.5 Å². The highest BCUT2D eigenvalue weighted by Crippen LogP contribution is 2.14. The van der Waals surface area contributed by atoms with E-state index in [1.54, 1.807) is 0 Å². The zero-order valence-electron chi connectivity index (χ0n) is 12.3. The minimum absolute atomic E-state index is 0.0708. The highest BCUT2D eigenvalue weighted by atomic mass is 32.2. The van der Waals surface area contributed by atoms with Crippen LogP contribution in [0.25, 0.3) is 0 Å². The summed E-state index contributed by atoms with van der Waals surface area (Å²) in [6.45, 7) is 4.50. The molecule has 1 aliphatic rings. The number of Topliss-reactive ketones (excluding diaryl/α,β-unsaturated/α-hetero) is 1. The van der Waals surface area contributed by atoms with Gasteiger partial charge in [-0.05, 0) is 12.3 Å². The largest absolute Gasteiger partial charge is 0.465 e. The van der Waals surface area contributed by atoms with Gasteiger partial charge in [0.05, 0.1) is 0 Å². The molecule has 3 N–H and O–H groups in total. The van der Waals surface area contributed by atoms with E-state index in [2.05, 4.69) is 15.8 Å². The standard InChI is InChI=1S/C12H20N4O4S/c1-7(2)6-8(13-12(19)20)9(17)10(18)14-15-11-16(3)4-5-21-11/h7-8,13H,4-6H2,1-3H3,(H,14,18)(H,19,20)/b15-11-/t8-/m0/s1. The third-order valence-corrected chi connectivity index (χ3v) is 3.83. The highest BCUT2D eigenvalue weighted by Gasteiger charge is 2.28. The number of ketones is 1. The molecular weight excluding hydrogens is 296 g/mol. The summed E-state index contributed by atoms with van der Waals surface area (Å²) in [5.41, 5.74) is 2.19. The van der Waals surface area contributed by atoms with Crippen molar-refractivity contribution in [2.45, 2.75) is 26.3 Å². The number of carbonyl (C=O) groups excluding carboxylic acids is 2. The molecule has 0 spiro atoms. The lowest BCUT2D eigenvalue weighted by molar-refractivity contribution is -0.139. The van der Waals surface area contributed by atoms with Crippen molar-refractivity contribution in [3.8, 4) is 0 Å². The number of rotatable bonds is 6. The number of nitrogens with zero attached hydrogens (tertiary/aromatic N) is 2. The topological polar surface area (TPSA) is 111 Å². The Balaban J connectivity index is 2.64. The fourth-order valence-corrected chi connectivity index (χ4v) is 2.73. The molecule has 118 valence electrons. The van der Waals surface area contributed by atoms with Crippen LogP contribution in [0.2, 0.25) is 0 Å². The molecule has 21 heavy (non-hydrogen) atoms. The molecule has 1 aliphatic heterocycles. The van der Waals surface area contributed by atoms with Gasteiger partial charge in [-0.3, -0.25) is 9.59 Å². The molecule has 0 aromatic heterocycles. The molecule has 1 rings (SSSR count). The molecule has 0 aliphatic carbocycles. The van der Waals surface area contributed by atoms with E-state index in [4.69, 9.17) is 5.11 Å². The molecular formula is C12H20N4O4S. The van der Waals surface area contributed by atoms with E-state index in [1.165, 1.54) is 11.8 Å². The molecule has 1 atom stereocenters. The Labute approximate surface area is 127 Å². The molecule has 0 radical (unpaired) electrons. The summed E-state index contributed by atoms with van der Waals surface area (Å²) in [6, 6.07) is -1.06. The summed E-state index contributed by atoms with van der Waals surface area (Å²) in [5.74, 6) is -0.805. The van der Waals surface area contributed by atoms with E-state index in [0.717, 1.165) is 12.3 Å². The van der Waals surface area contributed by atoms with Gasteiger partial charge < -0.3 is 15.3 Å². The van der Waals surface area contributed by atoms with Crippen LogP contribution >= 0.6 is 11.8 Å². The van der Waals surface area contributed by atoms with Crippen molar-refractivity contribution in [3.05, 3.63) is 0 Å². The van der Waals surface area contributed by atoms with Crippen molar-refractivity contribution in [1.82, 2.24) is 15.6 Å². The Morgan fingerprint density at radius 2 is 2.10 bits per heavy atom. The molecule has 1 fully saturated rings. The molecule has 1 heterocycles. The molecule has 1 saturated heterocycles. The second-order valence-electron chi connectivity index (χ2n) is 5.10. The summed E-state index contributed by atoms with van der Waals surface area (Å²) in [6.07, 6.45) is -1.08. The van der Waals surface area contributed by atoms with Crippen LogP contribution in [-0.2, 0) is 9.59 Å². The van der Waals surface area contributed by atoms with E-state index in [1.807, 2.05) is 25.8 Å². The van der Waals surface area contributed by atoms with Gasteiger partial charge in [-0.25, -0.2) is 10.2 Å². The lowest BCUT2D eigenvalue weighted by Crippen LogP contribution is -2.47. The van der Waals surface area contributed by atoms with Gasteiger partial charge in [0.2, 0.25) is 5.78 Å². The summed E-state index contributed by atoms with van der Waals surface area (Å²) in [4.78, 5) is 36.3. The number of nitrogens with one attached hydrogen (secondary N) is 2. The number of hydrogen-bond donors (Lipinski definition) is 3. The minimum atomic E-state index is -1.33. The number of hydrazone groups is 1. The molecule has 0 unspecified atom stereocenters. The Morgan fingerprint density at radius 1 is 1.43 bits per heavy atom. The zero-order chi connectivity index (χ0) is 16.0. The van der Waals surface area contributed by atoms with Gasteiger partial charge in [0.15, 0.2) is 5.17 Å². The molecule has 8 nitrogen and oxygen atoms in total. The Morgan fingerprint density at radius 3 is 2.57 bits per heavy atom. The predicted octanol–water partition coefficient (Wildman–Crippen LogP) is 0.304. The normalized spacial score (nSPS) is 17.9. The lowest BCUT2D eigenvalue weighted by atomic mass is 10.00. The van der Waals surface area contributed by atoms with Crippen LogP contribution in [0, 0.1) is 5.92 Å². The van der Waals surface area contributed by atoms with Crippen LogP contribution in [0.1, 0.15) is 20.3 Å². The Bertz CT molecular complexity index is 453. The molecule has 2 amide bonds. The number of carbonyl (C=O) groups is 3. The maximum atomic E-state index is 12.0. The quantitative estimate of drug-likeness (QED) is 0.480. The van der Waals surface area contributed by atoms with Crippen molar-refractivity contribution in [2.24, 2.45) is 11.0 Å². The summed E-state index contributed by atoms with van der Waals surface area (Å²) in [5, 5.41) is 15.3. The molecule has 0 saturated carbocycles. The third kappa shape index (κ3) is 5.62. The number of amides is 2. The first-order valence-corrected chi connectivity index (χ1v) is 7.55. The first kappa shape index (κ1) is 17.3. The second-order valence-corrected chi connectivity index (χ2v) is 6.16. The van der Waals surface area contributed by atoms with Gasteiger partial charge in [-0.2, -0.15) is 0 Å². The smallest absolute Gasteiger partial charge is 0.405 e. The summed E-state index contributed by atoms with van der Waals surface area (Å²) in [7, 11) is 1.83. The van der Waals surface area contributed by atoms with Gasteiger partial charge in [0, 0.05) is 19.3 Å². The van der Waals surface area contributed by atoms with Crippen molar-refractivity contribution >= 4 is 34.7 Å². The summed E-state index contributed by atoms with van der Waals surface area (Å²) < 4.78 is 0. The van der Waals surface area contributed by atoms with E-state index in [9.17, 15) is 14.4 Å². The first-order chi connectivity index (χ1) is 9.81. The van der Waals surface area contributed by atoms with E-state index < -0.39 is 23.8 Å². The number of thioether (sulfide) groups is 1. The van der Waals surface area contributed by atoms with Gasteiger partial charge >= 0.3 is 12.0 Å². The Kier molecular flexibility index (Phi) is 6.47. The zero-order valence-corrected chi connectivity index (χ0v) is 13.1. The van der Waals surface area contributed by atoms with Gasteiger partial charge in [-0.1, -0.05) is 25.6 Å². The van der Waals surface area contributed by atoms with Gasteiger partial charge in [0.25, 0.3) is 0 Å². The molecule has 0 bridgehead atoms.